The summed E-state index contributed by atoms with van der Waals surface area (Å²) in [5.74, 6) is 1.62. The molecule has 0 fully saturated rings. The summed E-state index contributed by atoms with van der Waals surface area (Å²) in [6, 6.07) is 18.4. The Hall–Kier alpha value is -1.88. The van der Waals surface area contributed by atoms with Gasteiger partial charge in [0.05, 0.1) is 11.9 Å². The van der Waals surface area contributed by atoms with Crippen molar-refractivity contribution < 1.29 is 4.42 Å². The third kappa shape index (κ3) is 3.47. The van der Waals surface area contributed by atoms with Crippen molar-refractivity contribution in [3.63, 3.8) is 0 Å². The van der Waals surface area contributed by atoms with Gasteiger partial charge in [-0.2, -0.15) is 0 Å². The van der Waals surface area contributed by atoms with E-state index in [0.29, 0.717) is 0 Å². The summed E-state index contributed by atoms with van der Waals surface area (Å²) in [6.07, 6.45) is 1.77. The summed E-state index contributed by atoms with van der Waals surface area (Å²) < 4.78 is 7.06. The number of nitrogens with zero attached hydrogens (tertiary/aromatic N) is 1. The van der Waals surface area contributed by atoms with E-state index in [1.165, 1.54) is 14.7 Å². The van der Waals surface area contributed by atoms with E-state index in [4.69, 9.17) is 4.42 Å². The van der Waals surface area contributed by atoms with Gasteiger partial charge in [0, 0.05) is 9.13 Å². The lowest BCUT2D eigenvalue weighted by Crippen LogP contribution is -1.80. The van der Waals surface area contributed by atoms with E-state index < -0.39 is 0 Å². The molecule has 1 heterocycles. The molecule has 0 atom stereocenters. The van der Waals surface area contributed by atoms with Crippen LogP contribution in [-0.2, 0) is 0 Å². The molecule has 0 spiro atoms. The second-order valence-corrected chi connectivity index (χ2v) is 6.50. The first-order chi connectivity index (χ1) is 10.6. The van der Waals surface area contributed by atoms with Crippen LogP contribution >= 0.6 is 22.6 Å². The van der Waals surface area contributed by atoms with E-state index in [9.17, 15) is 0 Å². The van der Waals surface area contributed by atoms with Crippen molar-refractivity contribution in [2.75, 3.05) is 0 Å². The highest BCUT2D eigenvalue weighted by Crippen LogP contribution is 2.23. The van der Waals surface area contributed by atoms with Crippen LogP contribution in [0.3, 0.4) is 0 Å². The largest absolute Gasteiger partial charge is 0.455 e. The van der Waals surface area contributed by atoms with Crippen molar-refractivity contribution in [2.45, 2.75) is 13.8 Å². The molecule has 3 aromatic rings. The number of rotatable bonds is 3. The number of halogens is 1. The molecule has 0 bridgehead atoms. The number of aryl methyl sites for hydroxylation is 2. The molecule has 0 aliphatic heterocycles. The lowest BCUT2D eigenvalue weighted by molar-refractivity contribution is 0.575. The molecule has 3 heteroatoms. The van der Waals surface area contributed by atoms with Crippen molar-refractivity contribution in [3.05, 3.63) is 75.1 Å². The van der Waals surface area contributed by atoms with Gasteiger partial charge in [0.2, 0.25) is 0 Å². The number of aliphatic imine (C=N–C) groups is 1. The SMILES string of the molecule is Cc1ccc(N=Cc2ccc(-c3ccc(I)cc3)o2)c(C)c1. The van der Waals surface area contributed by atoms with Gasteiger partial charge in [-0.05, 0) is 72.3 Å². The van der Waals surface area contributed by atoms with Gasteiger partial charge < -0.3 is 4.42 Å². The zero-order valence-electron chi connectivity index (χ0n) is 12.5. The van der Waals surface area contributed by atoms with Gasteiger partial charge in [-0.3, -0.25) is 4.99 Å². The van der Waals surface area contributed by atoms with Crippen LogP contribution in [0.25, 0.3) is 11.3 Å². The molecule has 2 nitrogen and oxygen atoms in total. The van der Waals surface area contributed by atoms with Crippen LogP contribution < -0.4 is 0 Å². The number of furan rings is 1. The quantitative estimate of drug-likeness (QED) is 0.395. The minimum absolute atomic E-state index is 0.758. The van der Waals surface area contributed by atoms with Gasteiger partial charge in [-0.25, -0.2) is 0 Å². The monoisotopic (exact) mass is 401 g/mol. The van der Waals surface area contributed by atoms with Gasteiger partial charge in [-0.1, -0.05) is 29.8 Å². The minimum Gasteiger partial charge on any atom is -0.455 e. The molecule has 0 N–H and O–H groups in total. The normalized spacial score (nSPS) is 11.2. The standard InChI is InChI=1S/C19H16INO/c1-13-3-9-18(14(2)11-13)21-12-17-8-10-19(22-17)15-4-6-16(20)7-5-15/h3-12H,1-2H3. The molecule has 0 amide bonds. The smallest absolute Gasteiger partial charge is 0.145 e. The Labute approximate surface area is 144 Å². The average Bonchev–Trinajstić information content (AvgIpc) is 2.96. The van der Waals surface area contributed by atoms with Crippen LogP contribution in [0.5, 0.6) is 0 Å². The highest BCUT2D eigenvalue weighted by Gasteiger charge is 2.03. The fraction of sp³-hybridized carbons (Fsp3) is 0.105. The molecule has 0 saturated carbocycles. The fourth-order valence-electron chi connectivity index (χ4n) is 2.27. The lowest BCUT2D eigenvalue weighted by atomic mass is 10.1. The van der Waals surface area contributed by atoms with Gasteiger partial charge >= 0.3 is 0 Å². The second kappa shape index (κ2) is 6.48. The third-order valence-corrected chi connectivity index (χ3v) is 4.16. The van der Waals surface area contributed by atoms with Crippen LogP contribution in [0.15, 0.2) is 64.0 Å². The molecule has 0 aliphatic rings. The average molecular weight is 401 g/mol. The first-order valence-electron chi connectivity index (χ1n) is 7.09. The lowest BCUT2D eigenvalue weighted by Gasteiger charge is -2.00. The number of benzene rings is 2. The van der Waals surface area contributed by atoms with E-state index >= 15 is 0 Å². The van der Waals surface area contributed by atoms with Crippen molar-refractivity contribution in [2.24, 2.45) is 4.99 Å². The first-order valence-corrected chi connectivity index (χ1v) is 8.17. The van der Waals surface area contributed by atoms with E-state index in [-0.39, 0.29) is 0 Å². The molecule has 0 aliphatic carbocycles. The number of hydrogen-bond donors (Lipinski definition) is 0. The van der Waals surface area contributed by atoms with Gasteiger partial charge in [-0.15, -0.1) is 0 Å². The van der Waals surface area contributed by atoms with E-state index in [0.717, 1.165) is 22.8 Å². The first kappa shape index (κ1) is 15.0. The summed E-state index contributed by atoms with van der Waals surface area (Å²) in [4.78, 5) is 4.52. The Balaban J connectivity index is 1.82. The Morgan fingerprint density at radius 1 is 0.955 bits per heavy atom. The molecule has 0 unspecified atom stereocenters. The second-order valence-electron chi connectivity index (χ2n) is 5.26. The highest BCUT2D eigenvalue weighted by molar-refractivity contribution is 14.1. The zero-order chi connectivity index (χ0) is 15.5. The summed E-state index contributed by atoms with van der Waals surface area (Å²) in [5, 5.41) is 0. The molecular weight excluding hydrogens is 385 g/mol. The van der Waals surface area contributed by atoms with Crippen LogP contribution in [-0.4, -0.2) is 6.21 Å². The summed E-state index contributed by atoms with van der Waals surface area (Å²) in [7, 11) is 0. The molecule has 0 radical (unpaired) electrons. The van der Waals surface area contributed by atoms with Crippen molar-refractivity contribution in [3.8, 4) is 11.3 Å². The van der Waals surface area contributed by atoms with Crippen molar-refractivity contribution in [1.29, 1.82) is 0 Å². The molecule has 0 saturated heterocycles. The maximum absolute atomic E-state index is 5.84. The van der Waals surface area contributed by atoms with Crippen LogP contribution in [0.2, 0.25) is 0 Å². The predicted octanol–water partition coefficient (Wildman–Crippen LogP) is 5.92. The topological polar surface area (TPSA) is 25.5 Å². The highest BCUT2D eigenvalue weighted by atomic mass is 127. The Kier molecular flexibility index (Phi) is 4.43. The summed E-state index contributed by atoms with van der Waals surface area (Å²) in [6.45, 7) is 4.15. The summed E-state index contributed by atoms with van der Waals surface area (Å²) in [5.41, 5.74) is 4.46. The van der Waals surface area contributed by atoms with Gasteiger partial charge in [0.1, 0.15) is 11.5 Å². The van der Waals surface area contributed by atoms with Crippen LogP contribution in [0, 0.1) is 17.4 Å². The van der Waals surface area contributed by atoms with E-state index in [1.807, 2.05) is 18.2 Å². The van der Waals surface area contributed by atoms with Crippen molar-refractivity contribution >= 4 is 34.5 Å². The summed E-state index contributed by atoms with van der Waals surface area (Å²) >= 11 is 2.29. The Morgan fingerprint density at radius 3 is 2.45 bits per heavy atom. The molecule has 1 aromatic heterocycles. The third-order valence-electron chi connectivity index (χ3n) is 3.44. The molecule has 3 rings (SSSR count). The molecule has 22 heavy (non-hydrogen) atoms. The van der Waals surface area contributed by atoms with Gasteiger partial charge in [0.15, 0.2) is 0 Å². The molecular formula is C19H16INO. The van der Waals surface area contributed by atoms with E-state index in [2.05, 4.69) is 77.8 Å². The molecule has 2 aromatic carbocycles. The maximum atomic E-state index is 5.84. The number of hydrogen-bond acceptors (Lipinski definition) is 2. The van der Waals surface area contributed by atoms with E-state index in [1.54, 1.807) is 6.21 Å². The molecule has 110 valence electrons. The predicted molar refractivity (Wildman–Crippen MR) is 100 cm³/mol. The van der Waals surface area contributed by atoms with Crippen molar-refractivity contribution in [1.82, 2.24) is 0 Å². The zero-order valence-corrected chi connectivity index (χ0v) is 14.7. The maximum Gasteiger partial charge on any atom is 0.145 e. The van der Waals surface area contributed by atoms with Gasteiger partial charge in [0.25, 0.3) is 0 Å². The van der Waals surface area contributed by atoms with Crippen LogP contribution in [0.4, 0.5) is 5.69 Å². The Bertz CT molecular complexity index is 816. The van der Waals surface area contributed by atoms with Crippen LogP contribution in [0.1, 0.15) is 16.9 Å². The minimum atomic E-state index is 0.758. The fourth-order valence-corrected chi connectivity index (χ4v) is 2.63. The Morgan fingerprint density at radius 2 is 1.73 bits per heavy atom.